The Hall–Kier alpha value is -2.63. The van der Waals surface area contributed by atoms with Gasteiger partial charge in [0.1, 0.15) is 10.7 Å². The molecule has 2 heterocycles. The smallest absolute Gasteiger partial charge is 0.246 e. The topological polar surface area (TPSA) is 113 Å². The molecular weight excluding hydrogens is 441 g/mol. The third kappa shape index (κ3) is 4.32. The van der Waals surface area contributed by atoms with Crippen LogP contribution in [0.5, 0.6) is 0 Å². The fourth-order valence-corrected chi connectivity index (χ4v) is 5.73. The molecule has 0 radical (unpaired) electrons. The number of hydrogen-bond acceptors (Lipinski definition) is 6. The van der Waals surface area contributed by atoms with E-state index in [0.717, 1.165) is 21.3 Å². The van der Waals surface area contributed by atoms with E-state index in [-0.39, 0.29) is 68.6 Å². The summed E-state index contributed by atoms with van der Waals surface area (Å²) in [6.07, 6.45) is 4.67. The minimum Gasteiger partial charge on any atom is -0.379 e. The summed E-state index contributed by atoms with van der Waals surface area (Å²) in [5.74, 6) is -2.68. The highest BCUT2D eigenvalue weighted by molar-refractivity contribution is 7.89. The second-order valence-corrected chi connectivity index (χ2v) is 9.85. The minimum absolute atomic E-state index is 0.0589. The van der Waals surface area contributed by atoms with Crippen molar-refractivity contribution >= 4 is 33.4 Å². The second-order valence-electron chi connectivity index (χ2n) is 7.94. The fraction of sp³-hybridized carbons (Fsp3) is 0.476. The SMILES string of the molecule is O=C(CCN1C(=O)[C@@H]2CC=CC[C@H]2C1=O)Nc1ccc(F)c(S(=O)(=O)N2CCOCC2)c1. The maximum Gasteiger partial charge on any atom is 0.246 e. The lowest BCUT2D eigenvalue weighted by Crippen LogP contribution is -2.40. The van der Waals surface area contributed by atoms with E-state index in [1.165, 1.54) is 6.07 Å². The summed E-state index contributed by atoms with van der Waals surface area (Å²) < 4.78 is 46.1. The Balaban J connectivity index is 1.40. The molecule has 2 saturated heterocycles. The minimum atomic E-state index is -4.08. The first kappa shape index (κ1) is 22.6. The van der Waals surface area contributed by atoms with Crippen molar-refractivity contribution in [2.24, 2.45) is 11.8 Å². The van der Waals surface area contributed by atoms with Crippen molar-refractivity contribution in [2.45, 2.75) is 24.2 Å². The summed E-state index contributed by atoms with van der Waals surface area (Å²) in [5, 5.41) is 2.53. The highest BCUT2D eigenvalue weighted by atomic mass is 32.2. The van der Waals surface area contributed by atoms with Crippen LogP contribution in [-0.4, -0.2) is 68.2 Å². The van der Waals surface area contributed by atoms with Crippen LogP contribution in [0, 0.1) is 17.7 Å². The van der Waals surface area contributed by atoms with Crippen LogP contribution in [-0.2, 0) is 29.1 Å². The van der Waals surface area contributed by atoms with Crippen LogP contribution in [0.4, 0.5) is 10.1 Å². The number of halogens is 1. The van der Waals surface area contributed by atoms with Crippen molar-refractivity contribution in [1.82, 2.24) is 9.21 Å². The third-order valence-electron chi connectivity index (χ3n) is 5.96. The number of morpholine rings is 1. The lowest BCUT2D eigenvalue weighted by molar-refractivity contribution is -0.140. The molecule has 2 fully saturated rings. The summed E-state index contributed by atoms with van der Waals surface area (Å²) in [6.45, 7) is 0.629. The van der Waals surface area contributed by atoms with Crippen LogP contribution in [0.3, 0.4) is 0 Å². The van der Waals surface area contributed by atoms with Crippen LogP contribution in [0.15, 0.2) is 35.2 Å². The lowest BCUT2D eigenvalue weighted by Gasteiger charge is -2.26. The average molecular weight is 466 g/mol. The molecule has 2 aliphatic heterocycles. The van der Waals surface area contributed by atoms with Gasteiger partial charge in [0.2, 0.25) is 27.7 Å². The molecule has 2 atom stereocenters. The number of carbonyl (C=O) groups is 3. The van der Waals surface area contributed by atoms with E-state index < -0.39 is 26.6 Å². The van der Waals surface area contributed by atoms with E-state index >= 15 is 0 Å². The molecule has 1 aromatic rings. The summed E-state index contributed by atoms with van der Waals surface area (Å²) in [6, 6.07) is 3.32. The zero-order chi connectivity index (χ0) is 22.9. The molecule has 0 bridgehead atoms. The van der Waals surface area contributed by atoms with E-state index in [2.05, 4.69) is 5.32 Å². The largest absolute Gasteiger partial charge is 0.379 e. The number of imide groups is 1. The standard InChI is InChI=1S/C21H24FN3O6S/c22-17-6-5-14(13-18(17)32(29,30)24-9-11-31-12-10-24)23-19(26)7-8-25-20(27)15-3-1-2-4-16(15)21(25)28/h1-2,5-6,13,15-16H,3-4,7-12H2,(H,23,26)/t15-,16-/m1/s1. The third-order valence-corrected chi connectivity index (χ3v) is 7.88. The van der Waals surface area contributed by atoms with Crippen LogP contribution in [0.25, 0.3) is 0 Å². The van der Waals surface area contributed by atoms with Gasteiger partial charge in [0, 0.05) is 31.7 Å². The van der Waals surface area contributed by atoms with Gasteiger partial charge in [-0.2, -0.15) is 4.31 Å². The number of ether oxygens (including phenoxy) is 1. The molecule has 1 N–H and O–H groups in total. The second kappa shape index (κ2) is 9.08. The van der Waals surface area contributed by atoms with Gasteiger partial charge in [-0.25, -0.2) is 12.8 Å². The van der Waals surface area contributed by atoms with Gasteiger partial charge in [0.15, 0.2) is 0 Å². The van der Waals surface area contributed by atoms with Crippen molar-refractivity contribution < 1.29 is 31.9 Å². The van der Waals surface area contributed by atoms with Crippen LogP contribution >= 0.6 is 0 Å². The Morgan fingerprint density at radius 2 is 1.72 bits per heavy atom. The molecule has 4 rings (SSSR count). The number of likely N-dealkylation sites (tertiary alicyclic amines) is 1. The first-order chi connectivity index (χ1) is 15.3. The molecule has 0 aromatic heterocycles. The van der Waals surface area contributed by atoms with Crippen molar-refractivity contribution in [2.75, 3.05) is 38.2 Å². The number of nitrogens with zero attached hydrogens (tertiary/aromatic N) is 2. The average Bonchev–Trinajstić information content (AvgIpc) is 3.04. The number of rotatable bonds is 6. The lowest BCUT2D eigenvalue weighted by atomic mass is 9.85. The maximum atomic E-state index is 14.3. The maximum absolute atomic E-state index is 14.3. The summed E-state index contributed by atoms with van der Waals surface area (Å²) in [7, 11) is -4.08. The van der Waals surface area contributed by atoms with Crippen LogP contribution in [0.2, 0.25) is 0 Å². The molecule has 11 heteroatoms. The molecule has 0 saturated carbocycles. The number of hydrogen-bond donors (Lipinski definition) is 1. The molecule has 32 heavy (non-hydrogen) atoms. The number of fused-ring (bicyclic) bond motifs is 1. The van der Waals surface area contributed by atoms with Gasteiger partial charge < -0.3 is 10.1 Å². The van der Waals surface area contributed by atoms with E-state index in [4.69, 9.17) is 4.74 Å². The molecule has 3 aliphatic rings. The Morgan fingerprint density at radius 3 is 2.34 bits per heavy atom. The van der Waals surface area contributed by atoms with E-state index in [1.54, 1.807) is 0 Å². The summed E-state index contributed by atoms with van der Waals surface area (Å²) in [5.41, 5.74) is 0.111. The summed E-state index contributed by atoms with van der Waals surface area (Å²) in [4.78, 5) is 38.0. The van der Waals surface area contributed by atoms with Gasteiger partial charge in [-0.1, -0.05) is 12.2 Å². The van der Waals surface area contributed by atoms with Crippen molar-refractivity contribution in [3.63, 3.8) is 0 Å². The van der Waals surface area contributed by atoms with E-state index in [0.29, 0.717) is 12.8 Å². The van der Waals surface area contributed by atoms with Gasteiger partial charge in [0.25, 0.3) is 0 Å². The first-order valence-corrected chi connectivity index (χ1v) is 11.9. The normalized spacial score (nSPS) is 24.0. The zero-order valence-electron chi connectivity index (χ0n) is 17.3. The van der Waals surface area contributed by atoms with E-state index in [1.807, 2.05) is 12.2 Å². The number of sulfonamides is 1. The Morgan fingerprint density at radius 1 is 1.09 bits per heavy atom. The fourth-order valence-electron chi connectivity index (χ4n) is 4.23. The number of allylic oxidation sites excluding steroid dienone is 2. The highest BCUT2D eigenvalue weighted by Gasteiger charge is 2.46. The predicted molar refractivity (Wildman–Crippen MR) is 111 cm³/mol. The number of nitrogens with one attached hydrogen (secondary N) is 1. The molecule has 0 spiro atoms. The van der Waals surface area contributed by atoms with E-state index in [9.17, 15) is 27.2 Å². The van der Waals surface area contributed by atoms with Gasteiger partial charge in [-0.3, -0.25) is 19.3 Å². The molecule has 9 nitrogen and oxygen atoms in total. The van der Waals surface area contributed by atoms with Crippen LogP contribution < -0.4 is 5.32 Å². The number of anilines is 1. The van der Waals surface area contributed by atoms with Crippen molar-refractivity contribution in [3.05, 3.63) is 36.2 Å². The van der Waals surface area contributed by atoms with Gasteiger partial charge in [0.05, 0.1) is 25.0 Å². The van der Waals surface area contributed by atoms with Crippen LogP contribution in [0.1, 0.15) is 19.3 Å². The molecule has 0 unspecified atom stereocenters. The number of benzene rings is 1. The Bertz CT molecular complexity index is 1040. The van der Waals surface area contributed by atoms with Gasteiger partial charge in [-0.05, 0) is 31.0 Å². The number of amides is 3. The molecule has 1 aromatic carbocycles. The quantitative estimate of drug-likeness (QED) is 0.498. The molecule has 172 valence electrons. The Kier molecular flexibility index (Phi) is 6.40. The first-order valence-electron chi connectivity index (χ1n) is 10.5. The molecular formula is C21H24FN3O6S. The van der Waals surface area contributed by atoms with Gasteiger partial charge in [-0.15, -0.1) is 0 Å². The predicted octanol–water partition coefficient (Wildman–Crippen LogP) is 1.13. The van der Waals surface area contributed by atoms with Gasteiger partial charge >= 0.3 is 0 Å². The Labute approximate surface area is 185 Å². The monoisotopic (exact) mass is 465 g/mol. The zero-order valence-corrected chi connectivity index (χ0v) is 18.1. The number of carbonyl (C=O) groups excluding carboxylic acids is 3. The summed E-state index contributed by atoms with van der Waals surface area (Å²) >= 11 is 0. The molecule has 3 amide bonds. The van der Waals surface area contributed by atoms with Crippen molar-refractivity contribution in [1.29, 1.82) is 0 Å². The molecule has 1 aliphatic carbocycles. The highest BCUT2D eigenvalue weighted by Crippen LogP contribution is 2.35. The van der Waals surface area contributed by atoms with Crippen molar-refractivity contribution in [3.8, 4) is 0 Å².